The van der Waals surface area contributed by atoms with Gasteiger partial charge in [-0.3, -0.25) is 0 Å². The van der Waals surface area contributed by atoms with Crippen LogP contribution in [0.4, 0.5) is 0 Å². The lowest BCUT2D eigenvalue weighted by Crippen LogP contribution is -2.01. The zero-order valence-corrected chi connectivity index (χ0v) is 9.48. The first-order valence-electron chi connectivity index (χ1n) is 4.37. The largest absolute Gasteiger partial charge is 0.330 e. The van der Waals surface area contributed by atoms with Gasteiger partial charge in [0.25, 0.3) is 0 Å². The molecule has 1 nitrogen and oxygen atoms in total. The van der Waals surface area contributed by atoms with Gasteiger partial charge in [0.2, 0.25) is 0 Å². The standard InChI is InChI=1S/C10H11BrClN/c11-9-4-6(1-2-10(9)12)8-3-7(8)5-13/h1-2,4,7-8H,3,5,13H2/t7-,8-/m0/s1. The molecule has 70 valence electrons. The molecule has 0 heterocycles. The molecule has 1 saturated carbocycles. The van der Waals surface area contributed by atoms with E-state index in [-0.39, 0.29) is 0 Å². The Hall–Kier alpha value is -0.0500. The SMILES string of the molecule is NC[C@@H]1C[C@H]1c1ccc(Cl)c(Br)c1. The monoisotopic (exact) mass is 259 g/mol. The van der Waals surface area contributed by atoms with Crippen molar-refractivity contribution in [2.24, 2.45) is 11.7 Å². The Morgan fingerprint density at radius 3 is 2.85 bits per heavy atom. The molecule has 0 bridgehead atoms. The van der Waals surface area contributed by atoms with Crippen LogP contribution < -0.4 is 5.73 Å². The lowest BCUT2D eigenvalue weighted by Gasteiger charge is -2.01. The molecule has 0 aromatic heterocycles. The molecule has 1 aliphatic rings. The van der Waals surface area contributed by atoms with Crippen molar-refractivity contribution in [2.75, 3.05) is 6.54 Å². The molecular weight excluding hydrogens is 249 g/mol. The van der Waals surface area contributed by atoms with Gasteiger partial charge in [0, 0.05) is 4.47 Å². The fourth-order valence-electron chi connectivity index (χ4n) is 1.66. The zero-order chi connectivity index (χ0) is 9.42. The quantitative estimate of drug-likeness (QED) is 0.868. The molecular formula is C10H11BrClN. The Morgan fingerprint density at radius 1 is 1.54 bits per heavy atom. The third kappa shape index (κ3) is 1.90. The number of hydrogen-bond acceptors (Lipinski definition) is 1. The van der Waals surface area contributed by atoms with E-state index in [0.717, 1.165) is 16.0 Å². The zero-order valence-electron chi connectivity index (χ0n) is 7.13. The molecule has 13 heavy (non-hydrogen) atoms. The number of nitrogens with two attached hydrogens (primary N) is 1. The van der Waals surface area contributed by atoms with E-state index >= 15 is 0 Å². The van der Waals surface area contributed by atoms with Crippen molar-refractivity contribution in [3.8, 4) is 0 Å². The smallest absolute Gasteiger partial charge is 0.0548 e. The minimum absolute atomic E-state index is 0.665. The maximum Gasteiger partial charge on any atom is 0.0548 e. The van der Waals surface area contributed by atoms with Crippen LogP contribution in [0.25, 0.3) is 0 Å². The van der Waals surface area contributed by atoms with Gasteiger partial charge in [0.05, 0.1) is 5.02 Å². The molecule has 3 heteroatoms. The molecule has 0 amide bonds. The van der Waals surface area contributed by atoms with Crippen LogP contribution in [-0.2, 0) is 0 Å². The molecule has 2 rings (SSSR count). The van der Waals surface area contributed by atoms with Crippen molar-refractivity contribution >= 4 is 27.5 Å². The van der Waals surface area contributed by atoms with Gasteiger partial charge in [0.15, 0.2) is 0 Å². The van der Waals surface area contributed by atoms with E-state index in [1.54, 1.807) is 0 Å². The van der Waals surface area contributed by atoms with Crippen LogP contribution in [0.3, 0.4) is 0 Å². The van der Waals surface area contributed by atoms with E-state index in [1.165, 1.54) is 12.0 Å². The molecule has 1 aromatic carbocycles. The summed E-state index contributed by atoms with van der Waals surface area (Å²) < 4.78 is 0.981. The molecule has 1 aromatic rings. The van der Waals surface area contributed by atoms with Gasteiger partial charge in [-0.05, 0) is 58.4 Å². The third-order valence-electron chi connectivity index (χ3n) is 2.60. The lowest BCUT2D eigenvalue weighted by atomic mass is 10.1. The van der Waals surface area contributed by atoms with Crippen LogP contribution in [0.1, 0.15) is 17.9 Å². The van der Waals surface area contributed by atoms with Gasteiger partial charge in [-0.1, -0.05) is 17.7 Å². The van der Waals surface area contributed by atoms with Crippen LogP contribution in [0.5, 0.6) is 0 Å². The summed E-state index contributed by atoms with van der Waals surface area (Å²) >= 11 is 9.33. The molecule has 1 fully saturated rings. The minimum Gasteiger partial charge on any atom is -0.330 e. The summed E-state index contributed by atoms with van der Waals surface area (Å²) in [5.74, 6) is 1.35. The van der Waals surface area contributed by atoms with Crippen LogP contribution in [0.15, 0.2) is 22.7 Å². The first-order chi connectivity index (χ1) is 6.22. The highest BCUT2D eigenvalue weighted by Crippen LogP contribution is 2.47. The van der Waals surface area contributed by atoms with Crippen molar-refractivity contribution in [3.63, 3.8) is 0 Å². The van der Waals surface area contributed by atoms with E-state index in [1.807, 2.05) is 6.07 Å². The van der Waals surface area contributed by atoms with Crippen molar-refractivity contribution in [2.45, 2.75) is 12.3 Å². The highest BCUT2D eigenvalue weighted by molar-refractivity contribution is 9.10. The van der Waals surface area contributed by atoms with Crippen LogP contribution in [0, 0.1) is 5.92 Å². The predicted molar refractivity (Wildman–Crippen MR) is 59.1 cm³/mol. The third-order valence-corrected chi connectivity index (χ3v) is 3.81. The number of halogens is 2. The number of rotatable bonds is 2. The number of hydrogen-bond donors (Lipinski definition) is 1. The van der Waals surface area contributed by atoms with Gasteiger partial charge in [0.1, 0.15) is 0 Å². The highest BCUT2D eigenvalue weighted by Gasteiger charge is 2.36. The van der Waals surface area contributed by atoms with E-state index in [2.05, 4.69) is 28.1 Å². The Labute approximate surface area is 91.4 Å². The van der Waals surface area contributed by atoms with Gasteiger partial charge in [-0.25, -0.2) is 0 Å². The van der Waals surface area contributed by atoms with Crippen LogP contribution >= 0.6 is 27.5 Å². The maximum absolute atomic E-state index is 5.90. The molecule has 2 atom stereocenters. The summed E-state index contributed by atoms with van der Waals surface area (Å²) in [6, 6.07) is 6.13. The average molecular weight is 261 g/mol. The van der Waals surface area contributed by atoms with Crippen molar-refractivity contribution < 1.29 is 0 Å². The van der Waals surface area contributed by atoms with E-state index < -0.39 is 0 Å². The Kier molecular flexibility index (Phi) is 2.63. The molecule has 0 radical (unpaired) electrons. The molecule has 0 saturated heterocycles. The summed E-state index contributed by atoms with van der Waals surface area (Å²) in [4.78, 5) is 0. The molecule has 0 spiro atoms. The number of benzene rings is 1. The summed E-state index contributed by atoms with van der Waals surface area (Å²) in [5, 5.41) is 0.772. The molecule has 1 aliphatic carbocycles. The minimum atomic E-state index is 0.665. The van der Waals surface area contributed by atoms with Gasteiger partial charge in [-0.15, -0.1) is 0 Å². The molecule has 2 N–H and O–H groups in total. The first kappa shape index (κ1) is 9.50. The second-order valence-corrected chi connectivity index (χ2v) is 4.77. The predicted octanol–water partition coefficient (Wildman–Crippen LogP) is 3.16. The Balaban J connectivity index is 2.19. The average Bonchev–Trinajstić information content (AvgIpc) is 2.88. The van der Waals surface area contributed by atoms with E-state index in [9.17, 15) is 0 Å². The van der Waals surface area contributed by atoms with Crippen molar-refractivity contribution in [3.05, 3.63) is 33.3 Å². The second-order valence-electron chi connectivity index (χ2n) is 3.51. The van der Waals surface area contributed by atoms with Crippen LogP contribution in [-0.4, -0.2) is 6.54 Å². The van der Waals surface area contributed by atoms with Gasteiger partial charge < -0.3 is 5.73 Å². The Morgan fingerprint density at radius 2 is 2.31 bits per heavy atom. The first-order valence-corrected chi connectivity index (χ1v) is 5.54. The molecule has 0 aliphatic heterocycles. The fourth-order valence-corrected chi connectivity index (χ4v) is 2.17. The molecule has 0 unspecified atom stereocenters. The van der Waals surface area contributed by atoms with E-state index in [0.29, 0.717) is 11.8 Å². The van der Waals surface area contributed by atoms with Crippen molar-refractivity contribution in [1.29, 1.82) is 0 Å². The normalized spacial score (nSPS) is 26.1. The van der Waals surface area contributed by atoms with Gasteiger partial charge >= 0.3 is 0 Å². The summed E-state index contributed by atoms with van der Waals surface area (Å²) in [5.41, 5.74) is 6.95. The van der Waals surface area contributed by atoms with Crippen molar-refractivity contribution in [1.82, 2.24) is 0 Å². The van der Waals surface area contributed by atoms with E-state index in [4.69, 9.17) is 17.3 Å². The summed E-state index contributed by atoms with van der Waals surface area (Å²) in [6.07, 6.45) is 1.23. The fraction of sp³-hybridized carbons (Fsp3) is 0.400. The second kappa shape index (κ2) is 3.60. The van der Waals surface area contributed by atoms with Crippen LogP contribution in [0.2, 0.25) is 5.02 Å². The Bertz CT molecular complexity index is 327. The summed E-state index contributed by atoms with van der Waals surface area (Å²) in [7, 11) is 0. The topological polar surface area (TPSA) is 26.0 Å². The lowest BCUT2D eigenvalue weighted by molar-refractivity contribution is 0.809. The highest BCUT2D eigenvalue weighted by atomic mass is 79.9. The summed E-state index contributed by atoms with van der Waals surface area (Å²) in [6.45, 7) is 0.797. The van der Waals surface area contributed by atoms with Gasteiger partial charge in [-0.2, -0.15) is 0 Å². The maximum atomic E-state index is 5.90.